The molecule has 66 valence electrons. The lowest BCUT2D eigenvalue weighted by Gasteiger charge is -2.19. The predicted octanol–water partition coefficient (Wildman–Crippen LogP) is 0.785. The molecule has 1 unspecified atom stereocenters. The first-order valence-electron chi connectivity index (χ1n) is 4.23. The van der Waals surface area contributed by atoms with Crippen molar-refractivity contribution in [3.63, 3.8) is 0 Å². The maximum atomic E-state index is 5.53. The normalized spacial score (nSPS) is 23.7. The Hall–Kier alpha value is -1.38. The number of nitrogens with two attached hydrogens (primary N) is 1. The Morgan fingerprint density at radius 1 is 1.33 bits per heavy atom. The molecule has 0 saturated carbocycles. The number of dihydropyridines is 1. The molecule has 0 fully saturated rings. The first kappa shape index (κ1) is 8.71. The standard InChI is InChI=1S/C7H9N3.C2H6/c8-6-2-1-5-3-4-9-7(5)10-6;1-2/h1-4,7,9-10H,8H2;1-2H3. The summed E-state index contributed by atoms with van der Waals surface area (Å²) in [6.45, 7) is 4.00. The van der Waals surface area contributed by atoms with Crippen LogP contribution in [-0.4, -0.2) is 6.17 Å². The zero-order valence-electron chi connectivity index (χ0n) is 7.46. The first-order chi connectivity index (χ1) is 5.86. The molecule has 2 aliphatic rings. The number of nitrogens with one attached hydrogen (secondary N) is 2. The molecule has 0 aromatic rings. The van der Waals surface area contributed by atoms with Gasteiger partial charge in [-0.15, -0.1) is 0 Å². The summed E-state index contributed by atoms with van der Waals surface area (Å²) in [7, 11) is 0. The second-order valence-corrected chi connectivity index (χ2v) is 2.37. The molecule has 0 aromatic heterocycles. The van der Waals surface area contributed by atoms with Crippen LogP contribution >= 0.6 is 0 Å². The third kappa shape index (κ3) is 1.61. The van der Waals surface area contributed by atoms with Crippen LogP contribution in [0.1, 0.15) is 13.8 Å². The van der Waals surface area contributed by atoms with Crippen molar-refractivity contribution in [1.29, 1.82) is 0 Å². The Morgan fingerprint density at radius 3 is 2.83 bits per heavy atom. The summed E-state index contributed by atoms with van der Waals surface area (Å²) < 4.78 is 0. The van der Waals surface area contributed by atoms with E-state index >= 15 is 0 Å². The van der Waals surface area contributed by atoms with E-state index in [0.29, 0.717) is 5.82 Å². The van der Waals surface area contributed by atoms with E-state index in [1.807, 2.05) is 38.3 Å². The molecule has 12 heavy (non-hydrogen) atoms. The van der Waals surface area contributed by atoms with Crippen molar-refractivity contribution in [3.05, 3.63) is 35.8 Å². The summed E-state index contributed by atoms with van der Waals surface area (Å²) in [6, 6.07) is 0. The molecule has 0 aliphatic carbocycles. The largest absolute Gasteiger partial charge is 0.385 e. The van der Waals surface area contributed by atoms with Gasteiger partial charge in [0, 0.05) is 0 Å². The van der Waals surface area contributed by atoms with E-state index in [-0.39, 0.29) is 6.17 Å². The van der Waals surface area contributed by atoms with Gasteiger partial charge in [-0.05, 0) is 23.9 Å². The van der Waals surface area contributed by atoms with E-state index in [9.17, 15) is 0 Å². The minimum atomic E-state index is 0.199. The Bertz CT molecular complexity index is 238. The molecular weight excluding hydrogens is 150 g/mol. The highest BCUT2D eigenvalue weighted by atomic mass is 15.2. The first-order valence-corrected chi connectivity index (χ1v) is 4.23. The molecule has 3 heteroatoms. The van der Waals surface area contributed by atoms with Crippen LogP contribution < -0.4 is 16.4 Å². The van der Waals surface area contributed by atoms with Gasteiger partial charge in [-0.1, -0.05) is 19.9 Å². The summed E-state index contributed by atoms with van der Waals surface area (Å²) >= 11 is 0. The number of allylic oxidation sites excluding steroid dienone is 2. The molecule has 0 amide bonds. The van der Waals surface area contributed by atoms with Crippen LogP contribution in [0.15, 0.2) is 35.8 Å². The van der Waals surface area contributed by atoms with Crippen molar-refractivity contribution in [2.24, 2.45) is 5.73 Å². The van der Waals surface area contributed by atoms with Crippen LogP contribution in [0.4, 0.5) is 0 Å². The third-order valence-corrected chi connectivity index (χ3v) is 1.64. The average Bonchev–Trinajstić information content (AvgIpc) is 2.54. The minimum absolute atomic E-state index is 0.199. The van der Waals surface area contributed by atoms with Gasteiger partial charge in [0.15, 0.2) is 0 Å². The number of fused-ring (bicyclic) bond motifs is 1. The molecule has 3 nitrogen and oxygen atoms in total. The lowest BCUT2D eigenvalue weighted by Crippen LogP contribution is -2.41. The van der Waals surface area contributed by atoms with E-state index in [0.717, 1.165) is 0 Å². The van der Waals surface area contributed by atoms with Crippen molar-refractivity contribution >= 4 is 0 Å². The van der Waals surface area contributed by atoms with Crippen LogP contribution in [0.2, 0.25) is 0 Å². The van der Waals surface area contributed by atoms with Gasteiger partial charge in [-0.2, -0.15) is 0 Å². The molecule has 0 spiro atoms. The van der Waals surface area contributed by atoms with Crippen LogP contribution in [-0.2, 0) is 0 Å². The molecule has 0 radical (unpaired) electrons. The van der Waals surface area contributed by atoms with E-state index < -0.39 is 0 Å². The van der Waals surface area contributed by atoms with Crippen molar-refractivity contribution in [1.82, 2.24) is 10.6 Å². The molecule has 0 saturated heterocycles. The van der Waals surface area contributed by atoms with Gasteiger partial charge in [0.25, 0.3) is 0 Å². The van der Waals surface area contributed by atoms with Gasteiger partial charge in [0.2, 0.25) is 0 Å². The van der Waals surface area contributed by atoms with Gasteiger partial charge in [0.05, 0.1) is 5.82 Å². The summed E-state index contributed by atoms with van der Waals surface area (Å²) in [4.78, 5) is 0. The van der Waals surface area contributed by atoms with E-state index in [4.69, 9.17) is 5.73 Å². The van der Waals surface area contributed by atoms with E-state index in [1.165, 1.54) is 5.57 Å². The highest BCUT2D eigenvalue weighted by molar-refractivity contribution is 5.37. The Kier molecular flexibility index (Phi) is 2.80. The number of hydrogen-bond acceptors (Lipinski definition) is 3. The lowest BCUT2D eigenvalue weighted by atomic mass is 10.2. The number of rotatable bonds is 0. The Labute approximate surface area is 73.0 Å². The highest BCUT2D eigenvalue weighted by Gasteiger charge is 2.16. The zero-order chi connectivity index (χ0) is 8.97. The fourth-order valence-electron chi connectivity index (χ4n) is 1.11. The quantitative estimate of drug-likeness (QED) is 0.497. The molecule has 2 heterocycles. The molecule has 2 aliphatic heterocycles. The van der Waals surface area contributed by atoms with Crippen molar-refractivity contribution in [3.8, 4) is 0 Å². The number of hydrogen-bond donors (Lipinski definition) is 3. The maximum Gasteiger partial charge on any atom is 0.124 e. The zero-order valence-corrected chi connectivity index (χ0v) is 7.46. The van der Waals surface area contributed by atoms with E-state index in [2.05, 4.69) is 10.6 Å². The minimum Gasteiger partial charge on any atom is -0.385 e. The van der Waals surface area contributed by atoms with Crippen LogP contribution in [0.5, 0.6) is 0 Å². The predicted molar refractivity (Wildman–Crippen MR) is 50.9 cm³/mol. The smallest absolute Gasteiger partial charge is 0.124 e. The van der Waals surface area contributed by atoms with Crippen LogP contribution in [0, 0.1) is 0 Å². The fraction of sp³-hybridized carbons (Fsp3) is 0.333. The Morgan fingerprint density at radius 2 is 2.08 bits per heavy atom. The second-order valence-electron chi connectivity index (χ2n) is 2.37. The Balaban J connectivity index is 0.000000336. The van der Waals surface area contributed by atoms with E-state index in [1.54, 1.807) is 0 Å². The topological polar surface area (TPSA) is 50.1 Å². The molecule has 2 rings (SSSR count). The van der Waals surface area contributed by atoms with Crippen molar-refractivity contribution < 1.29 is 0 Å². The maximum absolute atomic E-state index is 5.53. The van der Waals surface area contributed by atoms with Crippen molar-refractivity contribution in [2.45, 2.75) is 20.0 Å². The highest BCUT2D eigenvalue weighted by Crippen LogP contribution is 2.12. The molecular formula is C9H15N3. The lowest BCUT2D eigenvalue weighted by molar-refractivity contribution is 0.603. The molecule has 0 aromatic carbocycles. The van der Waals surface area contributed by atoms with Gasteiger partial charge in [0.1, 0.15) is 6.17 Å². The van der Waals surface area contributed by atoms with Crippen LogP contribution in [0.3, 0.4) is 0 Å². The summed E-state index contributed by atoms with van der Waals surface area (Å²) in [6.07, 6.45) is 8.01. The van der Waals surface area contributed by atoms with Gasteiger partial charge < -0.3 is 16.4 Å². The summed E-state index contributed by atoms with van der Waals surface area (Å²) in [5.41, 5.74) is 6.76. The van der Waals surface area contributed by atoms with Crippen LogP contribution in [0.25, 0.3) is 0 Å². The third-order valence-electron chi connectivity index (χ3n) is 1.64. The van der Waals surface area contributed by atoms with Gasteiger partial charge in [-0.3, -0.25) is 0 Å². The fourth-order valence-corrected chi connectivity index (χ4v) is 1.11. The molecule has 0 bridgehead atoms. The SMILES string of the molecule is CC.NC1=CC=C2C=CNC2N1. The molecule has 1 atom stereocenters. The van der Waals surface area contributed by atoms with Crippen molar-refractivity contribution in [2.75, 3.05) is 0 Å². The van der Waals surface area contributed by atoms with Gasteiger partial charge >= 0.3 is 0 Å². The summed E-state index contributed by atoms with van der Waals surface area (Å²) in [5, 5.41) is 6.18. The summed E-state index contributed by atoms with van der Waals surface area (Å²) in [5.74, 6) is 0.713. The molecule has 4 N–H and O–H groups in total. The second kappa shape index (κ2) is 3.85. The average molecular weight is 165 g/mol. The van der Waals surface area contributed by atoms with Gasteiger partial charge in [-0.25, -0.2) is 0 Å². The monoisotopic (exact) mass is 165 g/mol.